The number of benzene rings is 1. The standard InChI is InChI=1S/C16H13N3OS/c1-19(15-7-3-2-5-12(15)10-18)16(20)13-9-14(21-11-13)6-4-8-17/h2-3,5,7,9,11H,8,17H2,1H3. The lowest BCUT2D eigenvalue weighted by Crippen LogP contribution is -2.26. The van der Waals surface area contributed by atoms with Crippen LogP contribution in [0, 0.1) is 23.2 Å². The topological polar surface area (TPSA) is 70.1 Å². The molecule has 1 aromatic heterocycles. The zero-order valence-electron chi connectivity index (χ0n) is 11.5. The molecule has 5 heteroatoms. The van der Waals surface area contributed by atoms with Gasteiger partial charge >= 0.3 is 0 Å². The minimum Gasteiger partial charge on any atom is -0.320 e. The molecule has 21 heavy (non-hydrogen) atoms. The smallest absolute Gasteiger partial charge is 0.258 e. The number of carbonyl (C=O) groups is 1. The maximum absolute atomic E-state index is 12.5. The average Bonchev–Trinajstić information content (AvgIpc) is 3.00. The van der Waals surface area contributed by atoms with E-state index in [1.165, 1.54) is 16.2 Å². The van der Waals surface area contributed by atoms with Crippen LogP contribution < -0.4 is 10.6 Å². The van der Waals surface area contributed by atoms with Crippen molar-refractivity contribution in [2.45, 2.75) is 0 Å². The van der Waals surface area contributed by atoms with E-state index < -0.39 is 0 Å². The second-order valence-corrected chi connectivity index (χ2v) is 5.11. The fourth-order valence-corrected chi connectivity index (χ4v) is 2.56. The van der Waals surface area contributed by atoms with Crippen molar-refractivity contribution in [3.63, 3.8) is 0 Å². The molecule has 0 aliphatic rings. The lowest BCUT2D eigenvalue weighted by Gasteiger charge is -2.17. The molecule has 0 aliphatic heterocycles. The largest absolute Gasteiger partial charge is 0.320 e. The van der Waals surface area contributed by atoms with Crippen molar-refractivity contribution in [2.75, 3.05) is 18.5 Å². The van der Waals surface area contributed by atoms with Gasteiger partial charge in [-0.25, -0.2) is 0 Å². The molecule has 4 nitrogen and oxygen atoms in total. The van der Waals surface area contributed by atoms with Gasteiger partial charge in [0.25, 0.3) is 5.91 Å². The van der Waals surface area contributed by atoms with E-state index in [2.05, 4.69) is 17.9 Å². The lowest BCUT2D eigenvalue weighted by atomic mass is 10.1. The molecule has 2 aromatic rings. The van der Waals surface area contributed by atoms with E-state index in [1.54, 1.807) is 42.8 Å². The molecule has 2 N–H and O–H groups in total. The van der Waals surface area contributed by atoms with Crippen LogP contribution >= 0.6 is 11.3 Å². The predicted octanol–water partition coefficient (Wildman–Crippen LogP) is 2.21. The first-order chi connectivity index (χ1) is 10.2. The zero-order chi connectivity index (χ0) is 15.2. The van der Waals surface area contributed by atoms with Gasteiger partial charge in [-0.1, -0.05) is 24.0 Å². The Hall–Kier alpha value is -2.60. The number of nitriles is 1. The third kappa shape index (κ3) is 3.29. The van der Waals surface area contributed by atoms with Crippen LogP contribution in [0.1, 0.15) is 20.8 Å². The summed E-state index contributed by atoms with van der Waals surface area (Å²) in [4.78, 5) is 14.7. The van der Waals surface area contributed by atoms with Gasteiger partial charge in [0, 0.05) is 12.4 Å². The summed E-state index contributed by atoms with van der Waals surface area (Å²) in [5.41, 5.74) is 6.93. The molecule has 1 aromatic carbocycles. The first-order valence-electron chi connectivity index (χ1n) is 6.22. The second kappa shape index (κ2) is 6.71. The van der Waals surface area contributed by atoms with Gasteiger partial charge in [-0.05, 0) is 18.2 Å². The summed E-state index contributed by atoms with van der Waals surface area (Å²) in [6.45, 7) is 0.288. The minimum atomic E-state index is -0.172. The molecule has 0 saturated carbocycles. The van der Waals surface area contributed by atoms with Crippen LogP contribution in [0.4, 0.5) is 5.69 Å². The van der Waals surface area contributed by atoms with Crippen LogP contribution in [-0.2, 0) is 0 Å². The van der Waals surface area contributed by atoms with Gasteiger partial charge in [-0.3, -0.25) is 4.79 Å². The highest BCUT2D eigenvalue weighted by Gasteiger charge is 2.17. The minimum absolute atomic E-state index is 0.172. The molecular formula is C16H13N3OS. The van der Waals surface area contributed by atoms with Gasteiger partial charge in [0.2, 0.25) is 0 Å². The number of para-hydroxylation sites is 1. The summed E-state index contributed by atoms with van der Waals surface area (Å²) in [7, 11) is 1.65. The van der Waals surface area contributed by atoms with Gasteiger partial charge in [0.05, 0.1) is 28.2 Å². The fraction of sp³-hybridized carbons (Fsp3) is 0.125. The number of hydrogen-bond acceptors (Lipinski definition) is 4. The summed E-state index contributed by atoms with van der Waals surface area (Å²) < 4.78 is 0. The number of amides is 1. The van der Waals surface area contributed by atoms with Crippen molar-refractivity contribution in [3.05, 3.63) is 51.7 Å². The molecule has 104 valence electrons. The number of nitrogens with two attached hydrogens (primary N) is 1. The molecule has 0 fully saturated rings. The Morgan fingerprint density at radius 3 is 2.90 bits per heavy atom. The van der Waals surface area contributed by atoms with Crippen molar-refractivity contribution in [1.82, 2.24) is 0 Å². The Kier molecular flexibility index (Phi) is 4.73. The number of carbonyl (C=O) groups excluding carboxylic acids is 1. The van der Waals surface area contributed by atoms with Crippen LogP contribution in [0.2, 0.25) is 0 Å². The van der Waals surface area contributed by atoms with Gasteiger partial charge in [-0.15, -0.1) is 11.3 Å². The van der Waals surface area contributed by atoms with Crippen molar-refractivity contribution < 1.29 is 4.79 Å². The Morgan fingerprint density at radius 2 is 2.19 bits per heavy atom. The van der Waals surface area contributed by atoms with Crippen LogP contribution in [0.15, 0.2) is 35.7 Å². The lowest BCUT2D eigenvalue weighted by molar-refractivity contribution is 0.0993. The van der Waals surface area contributed by atoms with E-state index in [4.69, 9.17) is 11.0 Å². The van der Waals surface area contributed by atoms with E-state index in [0.717, 1.165) is 4.88 Å². The van der Waals surface area contributed by atoms with Gasteiger partial charge < -0.3 is 10.6 Å². The molecule has 2 rings (SSSR count). The SMILES string of the molecule is CN(C(=O)c1csc(C#CCN)c1)c1ccccc1C#N. The maximum Gasteiger partial charge on any atom is 0.258 e. The Morgan fingerprint density at radius 1 is 1.43 bits per heavy atom. The molecule has 0 radical (unpaired) electrons. The monoisotopic (exact) mass is 295 g/mol. The molecule has 1 heterocycles. The number of rotatable bonds is 2. The average molecular weight is 295 g/mol. The van der Waals surface area contributed by atoms with Crippen LogP contribution in [0.3, 0.4) is 0 Å². The summed E-state index contributed by atoms with van der Waals surface area (Å²) in [5.74, 6) is 5.49. The first kappa shape index (κ1) is 14.8. The normalized spacial score (nSPS) is 9.38. The molecule has 0 saturated heterocycles. The molecular weight excluding hydrogens is 282 g/mol. The summed E-state index contributed by atoms with van der Waals surface area (Å²) >= 11 is 1.40. The van der Waals surface area contributed by atoms with Gasteiger partial charge in [0.1, 0.15) is 6.07 Å². The van der Waals surface area contributed by atoms with Crippen molar-refractivity contribution in [1.29, 1.82) is 5.26 Å². The van der Waals surface area contributed by atoms with Crippen LogP contribution in [0.5, 0.6) is 0 Å². The highest BCUT2D eigenvalue weighted by Crippen LogP contribution is 2.22. The number of nitrogens with zero attached hydrogens (tertiary/aromatic N) is 2. The quantitative estimate of drug-likeness (QED) is 0.864. The Balaban J connectivity index is 2.27. The van der Waals surface area contributed by atoms with E-state index >= 15 is 0 Å². The zero-order valence-corrected chi connectivity index (χ0v) is 12.3. The van der Waals surface area contributed by atoms with Crippen molar-refractivity contribution in [3.8, 4) is 17.9 Å². The third-order valence-electron chi connectivity index (χ3n) is 2.85. The van der Waals surface area contributed by atoms with Crippen LogP contribution in [-0.4, -0.2) is 19.5 Å². The Labute approximate surface area is 127 Å². The highest BCUT2D eigenvalue weighted by molar-refractivity contribution is 7.10. The summed E-state index contributed by atoms with van der Waals surface area (Å²) in [6, 6.07) is 10.8. The third-order valence-corrected chi connectivity index (χ3v) is 3.70. The number of thiophene rings is 1. The predicted molar refractivity (Wildman–Crippen MR) is 84.1 cm³/mol. The van der Waals surface area contributed by atoms with E-state index in [9.17, 15) is 4.79 Å². The van der Waals surface area contributed by atoms with E-state index in [-0.39, 0.29) is 12.5 Å². The Bertz CT molecular complexity index is 762. The second-order valence-electron chi connectivity index (χ2n) is 4.20. The fourth-order valence-electron chi connectivity index (χ4n) is 1.82. The van der Waals surface area contributed by atoms with E-state index in [1.807, 2.05) is 0 Å². The summed E-state index contributed by atoms with van der Waals surface area (Å²) in [6.07, 6.45) is 0. The highest BCUT2D eigenvalue weighted by atomic mass is 32.1. The molecule has 0 spiro atoms. The van der Waals surface area contributed by atoms with Crippen LogP contribution in [0.25, 0.3) is 0 Å². The van der Waals surface area contributed by atoms with Gasteiger partial charge in [-0.2, -0.15) is 5.26 Å². The first-order valence-corrected chi connectivity index (χ1v) is 7.10. The molecule has 1 amide bonds. The number of hydrogen-bond donors (Lipinski definition) is 1. The van der Waals surface area contributed by atoms with E-state index in [0.29, 0.717) is 16.8 Å². The summed E-state index contributed by atoms with van der Waals surface area (Å²) in [5, 5.41) is 10.9. The number of anilines is 1. The maximum atomic E-state index is 12.5. The van der Waals surface area contributed by atoms with Crippen molar-refractivity contribution in [2.24, 2.45) is 5.73 Å². The molecule has 0 bridgehead atoms. The van der Waals surface area contributed by atoms with Gasteiger partial charge in [0.15, 0.2) is 0 Å². The molecule has 0 unspecified atom stereocenters. The molecule has 0 aliphatic carbocycles. The molecule has 0 atom stereocenters. The van der Waals surface area contributed by atoms with Crippen molar-refractivity contribution >= 4 is 22.9 Å².